The lowest BCUT2D eigenvalue weighted by Crippen LogP contribution is -2.53. The highest BCUT2D eigenvalue weighted by molar-refractivity contribution is 5.82. The molecule has 4 aliphatic carbocycles. The van der Waals surface area contributed by atoms with Crippen LogP contribution in [0.3, 0.4) is 0 Å². The Morgan fingerprint density at radius 1 is 1.30 bits per heavy atom. The van der Waals surface area contributed by atoms with Crippen molar-refractivity contribution in [1.82, 2.24) is 0 Å². The topological polar surface area (TPSA) is 37.3 Å². The fraction of sp³-hybridized carbons (Fsp3) is 0.762. The third-order valence-electron chi connectivity index (χ3n) is 7.99. The van der Waals surface area contributed by atoms with Crippen LogP contribution in [0.25, 0.3) is 0 Å². The molecule has 124 valence electrons. The van der Waals surface area contributed by atoms with E-state index in [2.05, 4.69) is 18.9 Å². The maximum atomic E-state index is 11.8. The average Bonchev–Trinajstić information content (AvgIpc) is 2.88. The zero-order valence-corrected chi connectivity index (χ0v) is 14.2. The molecule has 2 heteroatoms. The first-order valence-electron chi connectivity index (χ1n) is 9.45. The summed E-state index contributed by atoms with van der Waals surface area (Å²) < 4.78 is 0. The highest BCUT2D eigenvalue weighted by Gasteiger charge is 2.63. The smallest absolute Gasteiger partial charge is 0.136 e. The molecular formula is C21H28O2. The normalized spacial score (nSPS) is 48.7. The maximum absolute atomic E-state index is 11.8. The van der Waals surface area contributed by atoms with Crippen LogP contribution in [0.5, 0.6) is 0 Å². The monoisotopic (exact) mass is 312 g/mol. The van der Waals surface area contributed by atoms with Gasteiger partial charge in [-0.25, -0.2) is 0 Å². The van der Waals surface area contributed by atoms with Crippen molar-refractivity contribution in [3.8, 4) is 12.3 Å². The first-order valence-corrected chi connectivity index (χ1v) is 9.45. The molecule has 0 bridgehead atoms. The number of ketones is 1. The highest BCUT2D eigenvalue weighted by Crippen LogP contribution is 2.65. The van der Waals surface area contributed by atoms with Crippen molar-refractivity contribution in [2.45, 2.75) is 70.3 Å². The van der Waals surface area contributed by atoms with E-state index in [0.717, 1.165) is 44.9 Å². The predicted octanol–water partition coefficient (Wildman–Crippen LogP) is 3.88. The molecule has 0 unspecified atom stereocenters. The van der Waals surface area contributed by atoms with E-state index in [1.54, 1.807) is 0 Å². The van der Waals surface area contributed by atoms with Crippen LogP contribution in [0.15, 0.2) is 11.6 Å². The molecule has 3 fully saturated rings. The van der Waals surface area contributed by atoms with Crippen molar-refractivity contribution >= 4 is 5.78 Å². The van der Waals surface area contributed by atoms with Crippen LogP contribution < -0.4 is 0 Å². The molecule has 3 saturated carbocycles. The fourth-order valence-electron chi connectivity index (χ4n) is 6.88. The minimum atomic E-state index is -0.899. The molecule has 0 aromatic heterocycles. The quantitative estimate of drug-likeness (QED) is 0.589. The largest absolute Gasteiger partial charge is 0.377 e. The van der Waals surface area contributed by atoms with Crippen molar-refractivity contribution in [2.75, 3.05) is 0 Å². The van der Waals surface area contributed by atoms with E-state index in [-0.39, 0.29) is 5.41 Å². The summed E-state index contributed by atoms with van der Waals surface area (Å²) in [5.74, 6) is 5.77. The van der Waals surface area contributed by atoms with E-state index in [4.69, 9.17) is 6.42 Å². The molecule has 0 saturated heterocycles. The molecule has 0 aromatic carbocycles. The fourth-order valence-corrected chi connectivity index (χ4v) is 6.88. The van der Waals surface area contributed by atoms with E-state index in [1.807, 2.05) is 0 Å². The first kappa shape index (κ1) is 15.5. The van der Waals surface area contributed by atoms with Crippen LogP contribution in [-0.2, 0) is 4.79 Å². The second-order valence-corrected chi connectivity index (χ2v) is 8.40. The van der Waals surface area contributed by atoms with E-state index in [0.29, 0.717) is 35.9 Å². The van der Waals surface area contributed by atoms with Gasteiger partial charge in [0.15, 0.2) is 0 Å². The summed E-state index contributed by atoms with van der Waals surface area (Å²) in [5.41, 5.74) is 0.458. The van der Waals surface area contributed by atoms with Crippen molar-refractivity contribution in [3.63, 3.8) is 0 Å². The summed E-state index contributed by atoms with van der Waals surface area (Å²) >= 11 is 0. The van der Waals surface area contributed by atoms with Gasteiger partial charge in [0, 0.05) is 18.3 Å². The molecule has 0 heterocycles. The summed E-state index contributed by atoms with van der Waals surface area (Å²) in [7, 11) is 0. The Morgan fingerprint density at radius 3 is 2.87 bits per heavy atom. The van der Waals surface area contributed by atoms with Crippen molar-refractivity contribution in [1.29, 1.82) is 0 Å². The lowest BCUT2D eigenvalue weighted by molar-refractivity contribution is -0.121. The van der Waals surface area contributed by atoms with Crippen LogP contribution in [0.2, 0.25) is 0 Å². The summed E-state index contributed by atoms with van der Waals surface area (Å²) in [5, 5.41) is 11.1. The van der Waals surface area contributed by atoms with Gasteiger partial charge < -0.3 is 5.11 Å². The summed E-state index contributed by atoms with van der Waals surface area (Å²) in [6.45, 7) is 2.21. The lowest BCUT2D eigenvalue weighted by Gasteiger charge is -2.55. The molecule has 0 amide bonds. The Morgan fingerprint density at radius 2 is 2.13 bits per heavy atom. The van der Waals surface area contributed by atoms with Gasteiger partial charge in [0.25, 0.3) is 0 Å². The van der Waals surface area contributed by atoms with Crippen molar-refractivity contribution < 1.29 is 9.90 Å². The van der Waals surface area contributed by atoms with Gasteiger partial charge in [-0.3, -0.25) is 4.79 Å². The Hall–Kier alpha value is -1.07. The van der Waals surface area contributed by atoms with Crippen molar-refractivity contribution in [3.05, 3.63) is 11.6 Å². The van der Waals surface area contributed by atoms with Gasteiger partial charge in [-0.05, 0) is 68.6 Å². The van der Waals surface area contributed by atoms with E-state index >= 15 is 0 Å². The second kappa shape index (κ2) is 5.21. The number of hydrogen-bond donors (Lipinski definition) is 1. The Labute approximate surface area is 139 Å². The van der Waals surface area contributed by atoms with Gasteiger partial charge in [0.05, 0.1) is 0 Å². The average molecular weight is 312 g/mol. The SMILES string of the molecule is C#C[C@]1(O)CC[C@H]2[C@@H]3CC=C4CC(=O)CC[C@@H]4[C@@H]3CC[C@@]21CC. The first-order chi connectivity index (χ1) is 11.0. The summed E-state index contributed by atoms with van der Waals surface area (Å²) in [4.78, 5) is 11.8. The molecule has 6 atom stereocenters. The Kier molecular flexibility index (Phi) is 3.50. The maximum Gasteiger partial charge on any atom is 0.136 e. The van der Waals surface area contributed by atoms with E-state index < -0.39 is 5.60 Å². The molecular weight excluding hydrogens is 284 g/mol. The molecule has 0 aliphatic heterocycles. The number of aliphatic hydroxyl groups is 1. The summed E-state index contributed by atoms with van der Waals surface area (Å²) in [6, 6.07) is 0. The van der Waals surface area contributed by atoms with Crippen LogP contribution in [-0.4, -0.2) is 16.5 Å². The minimum Gasteiger partial charge on any atom is -0.377 e. The second-order valence-electron chi connectivity index (χ2n) is 8.40. The predicted molar refractivity (Wildman–Crippen MR) is 90.5 cm³/mol. The Balaban J connectivity index is 1.68. The molecule has 1 N–H and O–H groups in total. The molecule has 0 spiro atoms. The van der Waals surface area contributed by atoms with Gasteiger partial charge in [-0.15, -0.1) is 6.42 Å². The zero-order chi connectivity index (χ0) is 16.2. The van der Waals surface area contributed by atoms with E-state index in [1.165, 1.54) is 12.0 Å². The highest BCUT2D eigenvalue weighted by atomic mass is 16.3. The number of allylic oxidation sites excluding steroid dienone is 2. The molecule has 23 heavy (non-hydrogen) atoms. The third-order valence-corrected chi connectivity index (χ3v) is 7.99. The molecule has 4 rings (SSSR count). The van der Waals surface area contributed by atoms with Gasteiger partial charge in [0.2, 0.25) is 0 Å². The molecule has 2 nitrogen and oxygen atoms in total. The number of fused-ring (bicyclic) bond motifs is 5. The van der Waals surface area contributed by atoms with Gasteiger partial charge in [-0.1, -0.05) is 24.5 Å². The van der Waals surface area contributed by atoms with Crippen LogP contribution in [0, 0.1) is 41.4 Å². The van der Waals surface area contributed by atoms with Crippen LogP contribution in [0.1, 0.15) is 64.7 Å². The number of hydrogen-bond acceptors (Lipinski definition) is 2. The zero-order valence-electron chi connectivity index (χ0n) is 14.2. The Bertz CT molecular complexity index is 597. The lowest BCUT2D eigenvalue weighted by atomic mass is 9.50. The van der Waals surface area contributed by atoms with Gasteiger partial charge in [-0.2, -0.15) is 0 Å². The third kappa shape index (κ3) is 1.96. The molecule has 0 radical (unpaired) electrons. The number of carbonyl (C=O) groups excluding carboxylic acids is 1. The number of Topliss-reactive ketones (excluding diaryl/α,β-unsaturated/α-hetero) is 1. The molecule has 4 aliphatic rings. The minimum absolute atomic E-state index is 0.0707. The number of terminal acetylenes is 1. The van der Waals surface area contributed by atoms with E-state index in [9.17, 15) is 9.90 Å². The van der Waals surface area contributed by atoms with Crippen LogP contribution >= 0.6 is 0 Å². The summed E-state index contributed by atoms with van der Waals surface area (Å²) in [6.07, 6.45) is 16.8. The number of carbonyl (C=O) groups is 1. The van der Waals surface area contributed by atoms with Crippen LogP contribution in [0.4, 0.5) is 0 Å². The standard InChI is InChI=1S/C21H28O2/c1-3-20-11-9-17-16-8-6-15(22)13-14(16)5-7-18(17)19(20)10-12-21(20,23)4-2/h2,5,16-19,23H,3,6-13H2,1H3/t16-,17-,18+,19-,20-,21-/m0/s1. The van der Waals surface area contributed by atoms with Crippen molar-refractivity contribution in [2.24, 2.45) is 29.1 Å². The molecule has 0 aromatic rings. The van der Waals surface area contributed by atoms with Gasteiger partial charge >= 0.3 is 0 Å². The van der Waals surface area contributed by atoms with Gasteiger partial charge in [0.1, 0.15) is 11.4 Å². The number of rotatable bonds is 1.